The summed E-state index contributed by atoms with van der Waals surface area (Å²) in [5.74, 6) is -0.495. The van der Waals surface area contributed by atoms with E-state index in [0.29, 0.717) is 18.7 Å². The van der Waals surface area contributed by atoms with Crippen LogP contribution in [0.15, 0.2) is 96.8 Å². The van der Waals surface area contributed by atoms with Gasteiger partial charge in [-0.15, -0.1) is 0 Å². The first-order valence-electron chi connectivity index (χ1n) is 12.2. The summed E-state index contributed by atoms with van der Waals surface area (Å²) in [5.41, 5.74) is 5.13. The van der Waals surface area contributed by atoms with Gasteiger partial charge in [0.2, 0.25) is 0 Å². The number of hydrogen-bond acceptors (Lipinski definition) is 3. The first-order chi connectivity index (χ1) is 17.6. The standard InChI is InChI=1S/C30H28N4O2/c1-22-14-16-24(17-15-22)29(35)31-27(30(36)33-18-8-9-19-33)20-25-21-34(26-12-6-3-7-13-26)32-28(25)23-10-4-2-5-11-23/h2-7,10-17,20-21H,8-9,18-19H2,1H3,(H,31,35). The number of hydrogen-bond donors (Lipinski definition) is 1. The van der Waals surface area contributed by atoms with Gasteiger partial charge in [-0.2, -0.15) is 5.10 Å². The van der Waals surface area contributed by atoms with Crippen LogP contribution in [-0.2, 0) is 4.79 Å². The van der Waals surface area contributed by atoms with Gasteiger partial charge < -0.3 is 10.2 Å². The molecule has 1 N–H and O–H groups in total. The zero-order valence-corrected chi connectivity index (χ0v) is 20.2. The van der Waals surface area contributed by atoms with Gasteiger partial charge in [0.05, 0.1) is 5.69 Å². The van der Waals surface area contributed by atoms with Crippen molar-refractivity contribution in [2.45, 2.75) is 19.8 Å². The Balaban J connectivity index is 1.58. The van der Waals surface area contributed by atoms with E-state index >= 15 is 0 Å². The van der Waals surface area contributed by atoms with Crippen molar-refractivity contribution in [2.24, 2.45) is 0 Å². The van der Waals surface area contributed by atoms with Crippen LogP contribution < -0.4 is 5.32 Å². The fourth-order valence-corrected chi connectivity index (χ4v) is 4.32. The number of aryl methyl sites for hydroxylation is 1. The molecule has 0 spiro atoms. The minimum Gasteiger partial charge on any atom is -0.337 e. The number of likely N-dealkylation sites (tertiary alicyclic amines) is 1. The zero-order chi connectivity index (χ0) is 24.9. The van der Waals surface area contributed by atoms with E-state index < -0.39 is 0 Å². The summed E-state index contributed by atoms with van der Waals surface area (Å²) in [6.45, 7) is 3.34. The van der Waals surface area contributed by atoms with E-state index in [1.54, 1.807) is 27.8 Å². The van der Waals surface area contributed by atoms with E-state index in [-0.39, 0.29) is 17.5 Å². The molecule has 2 amide bonds. The molecule has 0 aliphatic carbocycles. The van der Waals surface area contributed by atoms with Crippen LogP contribution in [0.4, 0.5) is 0 Å². The van der Waals surface area contributed by atoms with Gasteiger partial charge in [0.15, 0.2) is 0 Å². The molecule has 4 aromatic rings. The van der Waals surface area contributed by atoms with Gasteiger partial charge in [0.25, 0.3) is 11.8 Å². The van der Waals surface area contributed by atoms with Crippen LogP contribution in [-0.4, -0.2) is 39.6 Å². The van der Waals surface area contributed by atoms with Crippen LogP contribution in [0.2, 0.25) is 0 Å². The van der Waals surface area contributed by atoms with Crippen molar-refractivity contribution in [3.8, 4) is 16.9 Å². The fourth-order valence-electron chi connectivity index (χ4n) is 4.32. The number of nitrogens with one attached hydrogen (secondary N) is 1. The Hall–Kier alpha value is -4.45. The third kappa shape index (κ3) is 5.13. The number of benzene rings is 3. The highest BCUT2D eigenvalue weighted by atomic mass is 16.2. The van der Waals surface area contributed by atoms with E-state index in [2.05, 4.69) is 5.32 Å². The molecule has 0 unspecified atom stereocenters. The number of carbonyl (C=O) groups is 2. The van der Waals surface area contributed by atoms with Crippen LogP contribution in [0.25, 0.3) is 23.0 Å². The monoisotopic (exact) mass is 476 g/mol. The molecule has 6 nitrogen and oxygen atoms in total. The van der Waals surface area contributed by atoms with E-state index in [0.717, 1.165) is 40.9 Å². The number of amides is 2. The lowest BCUT2D eigenvalue weighted by molar-refractivity contribution is -0.126. The lowest BCUT2D eigenvalue weighted by atomic mass is 10.1. The molecule has 0 saturated carbocycles. The molecule has 0 atom stereocenters. The highest BCUT2D eigenvalue weighted by molar-refractivity contribution is 6.05. The Morgan fingerprint density at radius 2 is 1.50 bits per heavy atom. The summed E-state index contributed by atoms with van der Waals surface area (Å²) in [7, 11) is 0. The molecule has 1 aliphatic heterocycles. The summed E-state index contributed by atoms with van der Waals surface area (Å²) in [4.78, 5) is 28.4. The Labute approximate surface area is 210 Å². The van der Waals surface area contributed by atoms with Gasteiger partial charge in [-0.3, -0.25) is 9.59 Å². The first kappa shape index (κ1) is 23.3. The Morgan fingerprint density at radius 3 is 2.17 bits per heavy atom. The smallest absolute Gasteiger partial charge is 0.270 e. The predicted molar refractivity (Wildman–Crippen MR) is 141 cm³/mol. The fraction of sp³-hybridized carbons (Fsp3) is 0.167. The van der Waals surface area contributed by atoms with Crippen LogP contribution in [0.5, 0.6) is 0 Å². The van der Waals surface area contributed by atoms with Gasteiger partial charge in [0, 0.05) is 36.0 Å². The molecule has 1 aliphatic rings. The lowest BCUT2D eigenvalue weighted by Gasteiger charge is -2.18. The minimum atomic E-state index is -0.314. The number of aromatic nitrogens is 2. The van der Waals surface area contributed by atoms with Gasteiger partial charge in [-0.1, -0.05) is 66.2 Å². The SMILES string of the molecule is Cc1ccc(C(=O)NC(=Cc2cn(-c3ccccc3)nc2-c2ccccc2)C(=O)N2CCCC2)cc1. The maximum Gasteiger partial charge on any atom is 0.270 e. The Bertz CT molecular complexity index is 1380. The lowest BCUT2D eigenvalue weighted by Crippen LogP contribution is -2.36. The van der Waals surface area contributed by atoms with Crippen molar-refractivity contribution >= 4 is 17.9 Å². The van der Waals surface area contributed by atoms with Crippen LogP contribution in [0.1, 0.15) is 34.3 Å². The molecule has 6 heteroatoms. The number of rotatable bonds is 6. The van der Waals surface area contributed by atoms with Crippen molar-refractivity contribution in [3.05, 3.63) is 114 Å². The quantitative estimate of drug-likeness (QED) is 0.387. The molecule has 2 heterocycles. The second kappa shape index (κ2) is 10.4. The van der Waals surface area contributed by atoms with Gasteiger partial charge >= 0.3 is 0 Å². The number of carbonyl (C=O) groups excluding carboxylic acids is 2. The molecule has 3 aromatic carbocycles. The molecule has 36 heavy (non-hydrogen) atoms. The van der Waals surface area contributed by atoms with Crippen LogP contribution in [0, 0.1) is 6.92 Å². The highest BCUT2D eigenvalue weighted by Crippen LogP contribution is 2.26. The van der Waals surface area contributed by atoms with Crippen LogP contribution >= 0.6 is 0 Å². The van der Waals surface area contributed by atoms with E-state index in [4.69, 9.17) is 5.10 Å². The Kier molecular flexibility index (Phi) is 6.76. The van der Waals surface area contributed by atoms with Crippen LogP contribution in [0.3, 0.4) is 0 Å². The first-order valence-corrected chi connectivity index (χ1v) is 12.2. The third-order valence-electron chi connectivity index (χ3n) is 6.30. The van der Waals surface area contributed by atoms with Gasteiger partial charge in [-0.25, -0.2) is 4.68 Å². The van der Waals surface area contributed by atoms with Crippen molar-refractivity contribution in [1.82, 2.24) is 20.0 Å². The maximum atomic E-state index is 13.5. The average Bonchev–Trinajstić information content (AvgIpc) is 3.60. The van der Waals surface area contributed by atoms with Crippen molar-refractivity contribution in [2.75, 3.05) is 13.1 Å². The molecule has 0 radical (unpaired) electrons. The molecule has 1 fully saturated rings. The van der Waals surface area contributed by atoms with E-state index in [1.165, 1.54) is 0 Å². The molecular weight excluding hydrogens is 448 g/mol. The largest absolute Gasteiger partial charge is 0.337 e. The second-order valence-electron chi connectivity index (χ2n) is 8.96. The van der Waals surface area contributed by atoms with Crippen molar-refractivity contribution in [1.29, 1.82) is 0 Å². The molecule has 0 bridgehead atoms. The maximum absolute atomic E-state index is 13.5. The summed E-state index contributed by atoms with van der Waals surface area (Å²) in [6.07, 6.45) is 5.58. The summed E-state index contributed by atoms with van der Waals surface area (Å²) < 4.78 is 1.80. The second-order valence-corrected chi connectivity index (χ2v) is 8.96. The normalized spacial score (nSPS) is 13.6. The average molecular weight is 477 g/mol. The predicted octanol–water partition coefficient (Wildman–Crippen LogP) is 5.24. The minimum absolute atomic E-state index is 0.181. The van der Waals surface area contributed by atoms with Gasteiger partial charge in [0.1, 0.15) is 11.4 Å². The molecular formula is C30H28N4O2. The molecule has 5 rings (SSSR count). The Morgan fingerprint density at radius 1 is 0.861 bits per heavy atom. The summed E-state index contributed by atoms with van der Waals surface area (Å²) in [6, 6.07) is 27.0. The van der Waals surface area contributed by atoms with Crippen molar-refractivity contribution in [3.63, 3.8) is 0 Å². The van der Waals surface area contributed by atoms with E-state index in [1.807, 2.05) is 85.9 Å². The summed E-state index contributed by atoms with van der Waals surface area (Å²) >= 11 is 0. The highest BCUT2D eigenvalue weighted by Gasteiger charge is 2.24. The molecule has 180 valence electrons. The van der Waals surface area contributed by atoms with E-state index in [9.17, 15) is 9.59 Å². The third-order valence-corrected chi connectivity index (χ3v) is 6.30. The topological polar surface area (TPSA) is 67.2 Å². The molecule has 1 saturated heterocycles. The number of nitrogens with zero attached hydrogens (tertiary/aromatic N) is 3. The summed E-state index contributed by atoms with van der Waals surface area (Å²) in [5, 5.41) is 7.74. The number of para-hydroxylation sites is 1. The molecule has 1 aromatic heterocycles. The zero-order valence-electron chi connectivity index (χ0n) is 20.2. The van der Waals surface area contributed by atoms with Crippen molar-refractivity contribution < 1.29 is 9.59 Å². The van der Waals surface area contributed by atoms with Gasteiger partial charge in [-0.05, 0) is 50.1 Å².